The van der Waals surface area contributed by atoms with Gasteiger partial charge in [-0.3, -0.25) is 10.1 Å². The molecule has 0 amide bonds. The summed E-state index contributed by atoms with van der Waals surface area (Å²) in [7, 11) is 0. The van der Waals surface area contributed by atoms with Gasteiger partial charge in [0.2, 0.25) is 0 Å². The van der Waals surface area contributed by atoms with Crippen molar-refractivity contribution in [2.24, 2.45) is 11.5 Å². The lowest BCUT2D eigenvalue weighted by Gasteiger charge is -2.14. The summed E-state index contributed by atoms with van der Waals surface area (Å²) in [4.78, 5) is 10.3. The molecule has 0 spiro atoms. The SMILES string of the molecule is Cc1c([N+](=O)[O-])cc([C@H](N)CN)c(O)c1C. The van der Waals surface area contributed by atoms with Gasteiger partial charge in [-0.1, -0.05) is 0 Å². The van der Waals surface area contributed by atoms with Gasteiger partial charge < -0.3 is 16.6 Å². The van der Waals surface area contributed by atoms with E-state index in [9.17, 15) is 15.2 Å². The second kappa shape index (κ2) is 4.46. The topological polar surface area (TPSA) is 115 Å². The smallest absolute Gasteiger partial charge is 0.273 e. The number of phenolic OH excluding ortho intramolecular Hbond substituents is 1. The van der Waals surface area contributed by atoms with Gasteiger partial charge in [-0.25, -0.2) is 0 Å². The molecule has 1 aromatic rings. The summed E-state index contributed by atoms with van der Waals surface area (Å²) in [5, 5.41) is 20.6. The number of aromatic hydroxyl groups is 1. The van der Waals surface area contributed by atoms with Crippen LogP contribution in [0.15, 0.2) is 6.07 Å². The van der Waals surface area contributed by atoms with Gasteiger partial charge in [-0.15, -0.1) is 0 Å². The molecule has 0 bridgehead atoms. The maximum absolute atomic E-state index is 10.8. The molecule has 0 unspecified atom stereocenters. The van der Waals surface area contributed by atoms with Crippen LogP contribution < -0.4 is 11.5 Å². The van der Waals surface area contributed by atoms with Crippen LogP contribution in [0.4, 0.5) is 5.69 Å². The van der Waals surface area contributed by atoms with Crippen LogP contribution in [0.2, 0.25) is 0 Å². The summed E-state index contributed by atoms with van der Waals surface area (Å²) in [6.07, 6.45) is 0. The average molecular weight is 225 g/mol. The van der Waals surface area contributed by atoms with E-state index in [2.05, 4.69) is 0 Å². The molecule has 88 valence electrons. The zero-order chi connectivity index (χ0) is 12.5. The van der Waals surface area contributed by atoms with E-state index in [0.717, 1.165) is 0 Å². The van der Waals surface area contributed by atoms with Crippen molar-refractivity contribution in [3.63, 3.8) is 0 Å². The predicted octanol–water partition coefficient (Wildman–Crippen LogP) is 0.876. The number of nitrogens with zero attached hydrogens (tertiary/aromatic N) is 1. The maximum atomic E-state index is 10.8. The molecule has 0 aliphatic heterocycles. The second-order valence-corrected chi connectivity index (χ2v) is 3.68. The summed E-state index contributed by atoms with van der Waals surface area (Å²) >= 11 is 0. The van der Waals surface area contributed by atoms with E-state index >= 15 is 0 Å². The Hall–Kier alpha value is -1.66. The summed E-state index contributed by atoms with van der Waals surface area (Å²) in [5.41, 5.74) is 12.2. The minimum atomic E-state index is -0.599. The van der Waals surface area contributed by atoms with Crippen LogP contribution in [0, 0.1) is 24.0 Å². The molecule has 0 aliphatic rings. The molecule has 0 saturated carbocycles. The Kier molecular flexibility index (Phi) is 3.46. The van der Waals surface area contributed by atoms with Crippen LogP contribution in [0.1, 0.15) is 22.7 Å². The van der Waals surface area contributed by atoms with Crippen molar-refractivity contribution in [2.45, 2.75) is 19.9 Å². The zero-order valence-electron chi connectivity index (χ0n) is 9.23. The highest BCUT2D eigenvalue weighted by molar-refractivity contribution is 5.56. The Morgan fingerprint density at radius 1 is 1.50 bits per heavy atom. The fourth-order valence-corrected chi connectivity index (χ4v) is 1.51. The third-order valence-corrected chi connectivity index (χ3v) is 2.72. The first-order valence-corrected chi connectivity index (χ1v) is 4.83. The summed E-state index contributed by atoms with van der Waals surface area (Å²) in [6.45, 7) is 3.32. The van der Waals surface area contributed by atoms with Crippen molar-refractivity contribution >= 4 is 5.69 Å². The molecule has 5 N–H and O–H groups in total. The molecule has 0 fully saturated rings. The summed E-state index contributed by atoms with van der Waals surface area (Å²) < 4.78 is 0. The molecule has 0 heterocycles. The molecular formula is C10H15N3O3. The predicted molar refractivity (Wildman–Crippen MR) is 60.2 cm³/mol. The number of nitro benzene ring substituents is 1. The molecule has 0 radical (unpaired) electrons. The van der Waals surface area contributed by atoms with Gasteiger partial charge in [0.05, 0.1) is 4.92 Å². The van der Waals surface area contributed by atoms with Gasteiger partial charge in [0, 0.05) is 35.3 Å². The maximum Gasteiger partial charge on any atom is 0.273 e. The largest absolute Gasteiger partial charge is 0.507 e. The fraction of sp³-hybridized carbons (Fsp3) is 0.400. The van der Waals surface area contributed by atoms with E-state index in [0.29, 0.717) is 16.7 Å². The lowest BCUT2D eigenvalue weighted by Crippen LogP contribution is -2.21. The van der Waals surface area contributed by atoms with E-state index in [1.165, 1.54) is 6.07 Å². The van der Waals surface area contributed by atoms with E-state index in [1.54, 1.807) is 13.8 Å². The second-order valence-electron chi connectivity index (χ2n) is 3.68. The standard InChI is InChI=1S/C10H15N3O3/c1-5-6(2)10(14)7(8(12)4-11)3-9(5)13(15)16/h3,8,14H,4,11-12H2,1-2H3/t8-/m1/s1. The minimum absolute atomic E-state index is 0.0129. The summed E-state index contributed by atoms with van der Waals surface area (Å²) in [6, 6.07) is 0.688. The van der Waals surface area contributed by atoms with Crippen LogP contribution in [0.3, 0.4) is 0 Å². The molecule has 1 aromatic carbocycles. The van der Waals surface area contributed by atoms with Gasteiger partial charge in [0.15, 0.2) is 0 Å². The van der Waals surface area contributed by atoms with E-state index < -0.39 is 11.0 Å². The lowest BCUT2D eigenvalue weighted by atomic mass is 9.98. The van der Waals surface area contributed by atoms with Gasteiger partial charge >= 0.3 is 0 Å². The number of benzene rings is 1. The number of nitrogens with two attached hydrogens (primary N) is 2. The number of phenols is 1. The number of hydrogen-bond acceptors (Lipinski definition) is 5. The first-order chi connectivity index (χ1) is 7.40. The Balaban J connectivity index is 3.47. The third-order valence-electron chi connectivity index (χ3n) is 2.72. The van der Waals surface area contributed by atoms with Crippen molar-refractivity contribution < 1.29 is 10.0 Å². The van der Waals surface area contributed by atoms with Gasteiger partial charge in [-0.2, -0.15) is 0 Å². The average Bonchev–Trinajstić information content (AvgIpc) is 2.25. The third kappa shape index (κ3) is 1.98. The van der Waals surface area contributed by atoms with Gasteiger partial charge in [0.1, 0.15) is 5.75 Å². The minimum Gasteiger partial charge on any atom is -0.507 e. The molecule has 6 nitrogen and oxygen atoms in total. The Morgan fingerprint density at radius 3 is 2.50 bits per heavy atom. The molecule has 16 heavy (non-hydrogen) atoms. The highest BCUT2D eigenvalue weighted by atomic mass is 16.6. The summed E-state index contributed by atoms with van der Waals surface area (Å²) in [5.74, 6) is -0.0129. The number of nitro groups is 1. The van der Waals surface area contributed by atoms with Crippen LogP contribution in [-0.4, -0.2) is 16.6 Å². The van der Waals surface area contributed by atoms with E-state index in [4.69, 9.17) is 11.5 Å². The molecular weight excluding hydrogens is 210 g/mol. The molecule has 0 aliphatic carbocycles. The molecule has 0 aromatic heterocycles. The number of rotatable bonds is 3. The van der Waals surface area contributed by atoms with Gasteiger partial charge in [0.25, 0.3) is 5.69 Å². The molecule has 0 saturated heterocycles. The van der Waals surface area contributed by atoms with Crippen molar-refractivity contribution in [3.8, 4) is 5.75 Å². The van der Waals surface area contributed by atoms with E-state index in [-0.39, 0.29) is 18.0 Å². The van der Waals surface area contributed by atoms with Crippen molar-refractivity contribution in [2.75, 3.05) is 6.54 Å². The van der Waals surface area contributed by atoms with Crippen molar-refractivity contribution in [1.29, 1.82) is 0 Å². The molecule has 1 atom stereocenters. The Morgan fingerprint density at radius 2 is 2.06 bits per heavy atom. The van der Waals surface area contributed by atoms with Gasteiger partial charge in [-0.05, 0) is 13.8 Å². The lowest BCUT2D eigenvalue weighted by molar-refractivity contribution is -0.385. The van der Waals surface area contributed by atoms with Crippen LogP contribution in [-0.2, 0) is 0 Å². The van der Waals surface area contributed by atoms with Crippen LogP contribution in [0.25, 0.3) is 0 Å². The first-order valence-electron chi connectivity index (χ1n) is 4.83. The van der Waals surface area contributed by atoms with E-state index in [1.807, 2.05) is 0 Å². The zero-order valence-corrected chi connectivity index (χ0v) is 9.23. The Bertz CT molecular complexity index is 432. The molecule has 6 heteroatoms. The highest BCUT2D eigenvalue weighted by Gasteiger charge is 2.21. The van der Waals surface area contributed by atoms with Crippen LogP contribution in [0.5, 0.6) is 5.75 Å². The van der Waals surface area contributed by atoms with Crippen LogP contribution >= 0.6 is 0 Å². The molecule has 1 rings (SSSR count). The normalized spacial score (nSPS) is 12.5. The first kappa shape index (κ1) is 12.4. The van der Waals surface area contributed by atoms with Crippen molar-refractivity contribution in [3.05, 3.63) is 32.9 Å². The van der Waals surface area contributed by atoms with Crippen molar-refractivity contribution in [1.82, 2.24) is 0 Å². The quantitative estimate of drug-likeness (QED) is 0.521. The Labute approximate surface area is 93.0 Å². The highest BCUT2D eigenvalue weighted by Crippen LogP contribution is 2.34. The number of hydrogen-bond donors (Lipinski definition) is 3. The monoisotopic (exact) mass is 225 g/mol. The fourth-order valence-electron chi connectivity index (χ4n) is 1.51.